The molecule has 0 saturated carbocycles. The standard InChI is InChI=1S/C21H25N5O6S/c1-13(27)23-18-9-14(3-4-22-18)17-12-26(21(29,30)31)20(28)16-10-15(32-19(16)17)11-24-5-7-25(33-2)8-6-24/h3-4,9-10,12,29-31H,5-8,11H2,1-2H3,(H,22,23,27). The summed E-state index contributed by atoms with van der Waals surface area (Å²) in [5.74, 6) is 0.499. The van der Waals surface area contributed by atoms with Crippen LogP contribution in [0.5, 0.6) is 0 Å². The molecule has 0 bridgehead atoms. The number of carbonyl (C=O) groups excluding carboxylic acids is 1. The molecule has 4 heterocycles. The number of nitrogens with zero attached hydrogens (tertiary/aromatic N) is 4. The summed E-state index contributed by atoms with van der Waals surface area (Å²) in [6.07, 6.45) is 1.20. The quantitative estimate of drug-likeness (QED) is 0.295. The molecule has 176 valence electrons. The maximum absolute atomic E-state index is 12.9. The monoisotopic (exact) mass is 475 g/mol. The van der Waals surface area contributed by atoms with E-state index in [9.17, 15) is 24.9 Å². The number of rotatable bonds is 6. The number of hydrogen-bond acceptors (Lipinski definition) is 10. The number of aromatic nitrogens is 2. The van der Waals surface area contributed by atoms with Crippen LogP contribution in [0.3, 0.4) is 0 Å². The minimum absolute atomic E-state index is 0.0877. The highest BCUT2D eigenvalue weighted by molar-refractivity contribution is 7.96. The second-order valence-corrected chi connectivity index (χ2v) is 8.65. The van der Waals surface area contributed by atoms with Crippen LogP contribution in [0.2, 0.25) is 0 Å². The number of amides is 1. The maximum Gasteiger partial charge on any atom is 0.376 e. The fourth-order valence-electron chi connectivity index (χ4n) is 3.82. The minimum atomic E-state index is -3.40. The van der Waals surface area contributed by atoms with E-state index < -0.39 is 11.7 Å². The van der Waals surface area contributed by atoms with Crippen LogP contribution in [-0.2, 0) is 17.4 Å². The van der Waals surface area contributed by atoms with Crippen molar-refractivity contribution >= 4 is 34.6 Å². The van der Waals surface area contributed by atoms with Gasteiger partial charge in [0.25, 0.3) is 5.56 Å². The lowest BCUT2D eigenvalue weighted by Gasteiger charge is -2.32. The van der Waals surface area contributed by atoms with Crippen molar-refractivity contribution in [1.82, 2.24) is 18.8 Å². The number of pyridine rings is 2. The molecule has 0 unspecified atom stereocenters. The smallest absolute Gasteiger partial charge is 0.376 e. The van der Waals surface area contributed by atoms with E-state index in [0.717, 1.165) is 32.4 Å². The van der Waals surface area contributed by atoms with Crippen molar-refractivity contribution in [2.45, 2.75) is 19.6 Å². The summed E-state index contributed by atoms with van der Waals surface area (Å²) >= 11 is 1.70. The number of fused-ring (bicyclic) bond motifs is 1. The normalized spacial score (nSPS) is 15.8. The van der Waals surface area contributed by atoms with Crippen LogP contribution in [0, 0.1) is 0 Å². The first-order valence-electron chi connectivity index (χ1n) is 10.3. The molecule has 1 aliphatic rings. The van der Waals surface area contributed by atoms with Crippen molar-refractivity contribution in [3.63, 3.8) is 0 Å². The highest BCUT2D eigenvalue weighted by atomic mass is 32.2. The van der Waals surface area contributed by atoms with Crippen molar-refractivity contribution in [2.24, 2.45) is 0 Å². The number of piperazine rings is 1. The van der Waals surface area contributed by atoms with Gasteiger partial charge < -0.3 is 25.1 Å². The van der Waals surface area contributed by atoms with Gasteiger partial charge in [-0.15, -0.1) is 0 Å². The molecule has 4 N–H and O–H groups in total. The topological polar surface area (TPSA) is 144 Å². The Kier molecular flexibility index (Phi) is 6.56. The Labute approximate surface area is 193 Å². The highest BCUT2D eigenvalue weighted by Gasteiger charge is 2.28. The summed E-state index contributed by atoms with van der Waals surface area (Å²) in [4.78, 5) is 30.6. The fraction of sp³-hybridized carbons (Fsp3) is 0.381. The molecule has 0 atom stereocenters. The average molecular weight is 476 g/mol. The largest absolute Gasteiger partial charge is 0.459 e. The van der Waals surface area contributed by atoms with E-state index >= 15 is 0 Å². The summed E-state index contributed by atoms with van der Waals surface area (Å²) in [7, 11) is 0. The van der Waals surface area contributed by atoms with Crippen molar-refractivity contribution in [3.8, 4) is 11.1 Å². The van der Waals surface area contributed by atoms with Crippen molar-refractivity contribution < 1.29 is 24.5 Å². The van der Waals surface area contributed by atoms with E-state index in [1.807, 2.05) is 6.26 Å². The zero-order valence-electron chi connectivity index (χ0n) is 18.2. The number of furan rings is 1. The molecular weight excluding hydrogens is 450 g/mol. The molecule has 12 heteroatoms. The van der Waals surface area contributed by atoms with E-state index in [0.29, 0.717) is 28.0 Å². The third-order valence-corrected chi connectivity index (χ3v) is 6.28. The Bertz CT molecular complexity index is 1230. The molecule has 1 aliphatic heterocycles. The van der Waals surface area contributed by atoms with Gasteiger partial charge in [-0.05, 0) is 30.0 Å². The second kappa shape index (κ2) is 9.25. The Morgan fingerprint density at radius 1 is 1.24 bits per heavy atom. The molecule has 3 aromatic heterocycles. The Morgan fingerprint density at radius 3 is 2.61 bits per heavy atom. The van der Waals surface area contributed by atoms with Gasteiger partial charge in [-0.3, -0.25) is 14.5 Å². The van der Waals surface area contributed by atoms with E-state index in [1.54, 1.807) is 30.1 Å². The molecule has 4 rings (SSSR count). The summed E-state index contributed by atoms with van der Waals surface area (Å²) in [5.41, 5.74) is 0.225. The Morgan fingerprint density at radius 2 is 1.97 bits per heavy atom. The van der Waals surface area contributed by atoms with Crippen LogP contribution in [0.1, 0.15) is 12.7 Å². The first kappa shape index (κ1) is 23.4. The molecule has 0 aromatic carbocycles. The molecule has 1 amide bonds. The second-order valence-electron chi connectivity index (χ2n) is 7.77. The summed E-state index contributed by atoms with van der Waals surface area (Å²) < 4.78 is 8.74. The third kappa shape index (κ3) is 5.11. The van der Waals surface area contributed by atoms with Gasteiger partial charge in [0.05, 0.1) is 11.9 Å². The number of hydrogen-bond donors (Lipinski definition) is 4. The van der Waals surface area contributed by atoms with Crippen molar-refractivity contribution in [3.05, 3.63) is 46.7 Å². The van der Waals surface area contributed by atoms with Crippen LogP contribution in [-0.4, -0.2) is 72.4 Å². The average Bonchev–Trinajstić information content (AvgIpc) is 3.17. The van der Waals surface area contributed by atoms with Crippen LogP contribution in [0.4, 0.5) is 5.82 Å². The van der Waals surface area contributed by atoms with Gasteiger partial charge in [0, 0.05) is 51.1 Å². The third-order valence-electron chi connectivity index (χ3n) is 5.40. The van der Waals surface area contributed by atoms with E-state index in [2.05, 4.69) is 19.5 Å². The first-order chi connectivity index (χ1) is 15.7. The summed E-state index contributed by atoms with van der Waals surface area (Å²) in [6.45, 7) is 5.32. The van der Waals surface area contributed by atoms with Gasteiger partial charge in [0.15, 0.2) is 0 Å². The van der Waals surface area contributed by atoms with Crippen molar-refractivity contribution in [1.29, 1.82) is 0 Å². The van der Waals surface area contributed by atoms with Gasteiger partial charge in [-0.1, -0.05) is 11.9 Å². The van der Waals surface area contributed by atoms with E-state index in [-0.39, 0.29) is 22.7 Å². The van der Waals surface area contributed by atoms with Gasteiger partial charge in [-0.2, -0.15) is 0 Å². The minimum Gasteiger partial charge on any atom is -0.459 e. The molecule has 11 nitrogen and oxygen atoms in total. The van der Waals surface area contributed by atoms with Crippen molar-refractivity contribution in [2.75, 3.05) is 37.8 Å². The Balaban J connectivity index is 1.78. The molecule has 33 heavy (non-hydrogen) atoms. The molecule has 0 aliphatic carbocycles. The number of aliphatic hydroxyl groups is 3. The van der Waals surface area contributed by atoms with Gasteiger partial charge >= 0.3 is 6.10 Å². The van der Waals surface area contributed by atoms with Crippen LogP contribution in [0.25, 0.3) is 22.1 Å². The molecule has 0 spiro atoms. The molecule has 3 aromatic rings. The fourth-order valence-corrected chi connectivity index (χ4v) is 4.35. The number of carbonyl (C=O) groups is 1. The van der Waals surface area contributed by atoms with E-state index in [1.165, 1.54) is 13.1 Å². The lowest BCUT2D eigenvalue weighted by molar-refractivity contribution is -0.376. The SMILES string of the molecule is CSN1CCN(Cc2cc3c(=O)n(C(O)(O)O)cc(-c4ccnc(NC(C)=O)c4)c3o2)CC1. The lowest BCUT2D eigenvalue weighted by Crippen LogP contribution is -2.42. The first-order valence-corrected chi connectivity index (χ1v) is 11.4. The predicted octanol–water partition coefficient (Wildman–Crippen LogP) is 0.555. The number of anilines is 1. The zero-order chi connectivity index (χ0) is 23.8. The Hall–Kier alpha value is -2.74. The molecule has 1 fully saturated rings. The van der Waals surface area contributed by atoms with Gasteiger partial charge in [0.1, 0.15) is 17.2 Å². The van der Waals surface area contributed by atoms with Gasteiger partial charge in [-0.25, -0.2) is 13.9 Å². The van der Waals surface area contributed by atoms with Gasteiger partial charge in [0.2, 0.25) is 5.91 Å². The predicted molar refractivity (Wildman–Crippen MR) is 123 cm³/mol. The molecule has 0 radical (unpaired) electrons. The van der Waals surface area contributed by atoms with E-state index in [4.69, 9.17) is 4.42 Å². The van der Waals surface area contributed by atoms with Crippen LogP contribution < -0.4 is 10.9 Å². The maximum atomic E-state index is 12.9. The lowest BCUT2D eigenvalue weighted by atomic mass is 10.1. The zero-order valence-corrected chi connectivity index (χ0v) is 19.0. The summed E-state index contributed by atoms with van der Waals surface area (Å²) in [5, 5.41) is 31.9. The van der Waals surface area contributed by atoms with Crippen LogP contribution >= 0.6 is 11.9 Å². The number of nitrogens with one attached hydrogen (secondary N) is 1. The molecule has 1 saturated heterocycles. The summed E-state index contributed by atoms with van der Waals surface area (Å²) in [6, 6.07) is 4.73. The highest BCUT2D eigenvalue weighted by Crippen LogP contribution is 2.31. The molecular formula is C21H25N5O6S. The van der Waals surface area contributed by atoms with Crippen LogP contribution in [0.15, 0.2) is 39.8 Å².